The maximum Gasteiger partial charge on any atom is 0.244 e. The molecule has 0 saturated carbocycles. The molecule has 1 N–H and O–H groups in total. The number of methoxy groups -OCH3 is 1. The highest BCUT2D eigenvalue weighted by atomic mass is 79.9. The van der Waals surface area contributed by atoms with Crippen molar-refractivity contribution in [2.75, 3.05) is 7.11 Å². The predicted molar refractivity (Wildman–Crippen MR) is 89.5 cm³/mol. The van der Waals surface area contributed by atoms with Crippen molar-refractivity contribution in [2.24, 2.45) is 0 Å². The molecule has 0 fully saturated rings. The zero-order chi connectivity index (χ0) is 15.9. The summed E-state index contributed by atoms with van der Waals surface area (Å²) in [5, 5.41) is 7.17. The topological polar surface area (TPSA) is 56.2 Å². The van der Waals surface area contributed by atoms with Crippen molar-refractivity contribution in [3.8, 4) is 5.75 Å². The van der Waals surface area contributed by atoms with Gasteiger partial charge < -0.3 is 10.1 Å². The van der Waals surface area contributed by atoms with E-state index in [0.29, 0.717) is 6.54 Å². The van der Waals surface area contributed by atoms with Crippen molar-refractivity contribution in [3.05, 3.63) is 52.3 Å². The number of aryl methyl sites for hydroxylation is 1. The second kappa shape index (κ2) is 7.79. The number of nitrogens with one attached hydrogen (secondary N) is 1. The number of nitrogens with zero attached hydrogens (tertiary/aromatic N) is 2. The van der Waals surface area contributed by atoms with E-state index < -0.39 is 0 Å². The summed E-state index contributed by atoms with van der Waals surface area (Å²) in [6, 6.07) is 7.49. The summed E-state index contributed by atoms with van der Waals surface area (Å²) in [7, 11) is 1.62. The number of amides is 1. The monoisotopic (exact) mass is 363 g/mol. The van der Waals surface area contributed by atoms with Crippen molar-refractivity contribution < 1.29 is 9.53 Å². The van der Waals surface area contributed by atoms with E-state index in [1.807, 2.05) is 42.1 Å². The first kappa shape index (κ1) is 16.3. The van der Waals surface area contributed by atoms with Crippen LogP contribution in [0.2, 0.25) is 0 Å². The average molecular weight is 364 g/mol. The fourth-order valence-corrected chi connectivity index (χ4v) is 2.29. The van der Waals surface area contributed by atoms with Gasteiger partial charge >= 0.3 is 0 Å². The van der Waals surface area contributed by atoms with E-state index in [2.05, 4.69) is 26.3 Å². The molecular formula is C16H18BrN3O2. The molecule has 0 spiro atoms. The number of rotatable bonds is 6. The lowest BCUT2D eigenvalue weighted by Gasteiger charge is -2.01. The SMILES string of the molecule is CCn1cc(Br)c(CNC(=O)/C=C/c2ccc(OC)cc2)n1. The van der Waals surface area contributed by atoms with Gasteiger partial charge in [-0.05, 0) is 46.6 Å². The van der Waals surface area contributed by atoms with Crippen LogP contribution in [0.15, 0.2) is 41.0 Å². The highest BCUT2D eigenvalue weighted by Crippen LogP contribution is 2.14. The van der Waals surface area contributed by atoms with E-state index in [1.54, 1.807) is 13.2 Å². The van der Waals surface area contributed by atoms with Crippen LogP contribution in [0.1, 0.15) is 18.2 Å². The smallest absolute Gasteiger partial charge is 0.244 e. The third-order valence-electron chi connectivity index (χ3n) is 3.08. The fraction of sp³-hybridized carbons (Fsp3) is 0.250. The van der Waals surface area contributed by atoms with Crippen LogP contribution >= 0.6 is 15.9 Å². The normalized spacial score (nSPS) is 10.9. The van der Waals surface area contributed by atoms with Crippen LogP contribution in [0.5, 0.6) is 5.75 Å². The molecule has 0 aliphatic rings. The molecule has 0 unspecified atom stereocenters. The summed E-state index contributed by atoms with van der Waals surface area (Å²) in [5.74, 6) is 0.631. The molecule has 6 heteroatoms. The van der Waals surface area contributed by atoms with Gasteiger partial charge in [-0.15, -0.1) is 0 Å². The van der Waals surface area contributed by atoms with Crippen LogP contribution in [0.25, 0.3) is 6.08 Å². The van der Waals surface area contributed by atoms with Crippen LogP contribution in [0.4, 0.5) is 0 Å². The lowest BCUT2D eigenvalue weighted by atomic mass is 10.2. The Morgan fingerprint density at radius 1 is 1.41 bits per heavy atom. The third-order valence-corrected chi connectivity index (χ3v) is 3.75. The van der Waals surface area contributed by atoms with Gasteiger partial charge in [0, 0.05) is 18.8 Å². The number of carbonyl (C=O) groups excluding carboxylic acids is 1. The van der Waals surface area contributed by atoms with Gasteiger partial charge in [-0.3, -0.25) is 9.48 Å². The summed E-state index contributed by atoms with van der Waals surface area (Å²) >= 11 is 3.43. The van der Waals surface area contributed by atoms with E-state index in [0.717, 1.165) is 28.0 Å². The van der Waals surface area contributed by atoms with Gasteiger partial charge in [-0.2, -0.15) is 5.10 Å². The summed E-state index contributed by atoms with van der Waals surface area (Å²) in [6.07, 6.45) is 5.16. The minimum absolute atomic E-state index is 0.159. The highest BCUT2D eigenvalue weighted by molar-refractivity contribution is 9.10. The Labute approximate surface area is 138 Å². The second-order valence-electron chi connectivity index (χ2n) is 4.60. The van der Waals surface area contributed by atoms with E-state index in [4.69, 9.17) is 4.74 Å². The molecule has 1 aromatic carbocycles. The zero-order valence-electron chi connectivity index (χ0n) is 12.5. The molecule has 5 nitrogen and oxygen atoms in total. The first-order valence-electron chi connectivity index (χ1n) is 6.94. The van der Waals surface area contributed by atoms with Gasteiger partial charge in [0.2, 0.25) is 5.91 Å². The van der Waals surface area contributed by atoms with Gasteiger partial charge in [0.15, 0.2) is 0 Å². The molecule has 1 amide bonds. The number of carbonyl (C=O) groups is 1. The first-order chi connectivity index (χ1) is 10.6. The summed E-state index contributed by atoms with van der Waals surface area (Å²) in [4.78, 5) is 11.8. The Bertz CT molecular complexity index is 663. The minimum Gasteiger partial charge on any atom is -0.497 e. The van der Waals surface area contributed by atoms with E-state index in [9.17, 15) is 4.79 Å². The molecule has 0 aliphatic heterocycles. The number of halogens is 1. The fourth-order valence-electron chi connectivity index (χ4n) is 1.84. The van der Waals surface area contributed by atoms with Crippen LogP contribution < -0.4 is 10.1 Å². The van der Waals surface area contributed by atoms with Gasteiger partial charge in [0.05, 0.1) is 23.8 Å². The van der Waals surface area contributed by atoms with E-state index in [1.165, 1.54) is 6.08 Å². The third kappa shape index (κ3) is 4.46. The van der Waals surface area contributed by atoms with Gasteiger partial charge in [-0.25, -0.2) is 0 Å². The lowest BCUT2D eigenvalue weighted by molar-refractivity contribution is -0.116. The minimum atomic E-state index is -0.159. The van der Waals surface area contributed by atoms with E-state index >= 15 is 0 Å². The Morgan fingerprint density at radius 2 is 2.14 bits per heavy atom. The molecule has 0 radical (unpaired) electrons. The number of hydrogen-bond acceptors (Lipinski definition) is 3. The number of benzene rings is 1. The van der Waals surface area contributed by atoms with Crippen molar-refractivity contribution >= 4 is 27.9 Å². The molecule has 0 aliphatic carbocycles. The molecule has 1 heterocycles. The second-order valence-corrected chi connectivity index (χ2v) is 5.46. The molecule has 22 heavy (non-hydrogen) atoms. The first-order valence-corrected chi connectivity index (χ1v) is 7.73. The summed E-state index contributed by atoms with van der Waals surface area (Å²) in [6.45, 7) is 3.20. The maximum atomic E-state index is 11.8. The van der Waals surface area contributed by atoms with Crippen LogP contribution in [-0.4, -0.2) is 22.8 Å². The van der Waals surface area contributed by atoms with Crippen LogP contribution in [-0.2, 0) is 17.9 Å². The Kier molecular flexibility index (Phi) is 5.77. The van der Waals surface area contributed by atoms with Crippen LogP contribution in [0.3, 0.4) is 0 Å². The van der Waals surface area contributed by atoms with Gasteiger partial charge in [0.25, 0.3) is 0 Å². The van der Waals surface area contributed by atoms with Gasteiger partial charge in [0.1, 0.15) is 5.75 Å². The maximum absolute atomic E-state index is 11.8. The highest BCUT2D eigenvalue weighted by Gasteiger charge is 2.06. The molecule has 2 rings (SSSR count). The molecular weight excluding hydrogens is 346 g/mol. The van der Waals surface area contributed by atoms with Gasteiger partial charge in [-0.1, -0.05) is 12.1 Å². The summed E-state index contributed by atoms with van der Waals surface area (Å²) < 4.78 is 7.80. The molecule has 0 saturated heterocycles. The Balaban J connectivity index is 1.88. The molecule has 1 aromatic heterocycles. The van der Waals surface area contributed by atoms with Crippen molar-refractivity contribution in [1.29, 1.82) is 0 Å². The van der Waals surface area contributed by atoms with Crippen LogP contribution in [0, 0.1) is 0 Å². The lowest BCUT2D eigenvalue weighted by Crippen LogP contribution is -2.20. The average Bonchev–Trinajstić information content (AvgIpc) is 2.91. The largest absolute Gasteiger partial charge is 0.497 e. The molecule has 116 valence electrons. The predicted octanol–water partition coefficient (Wildman–Crippen LogP) is 3.00. The zero-order valence-corrected chi connectivity index (χ0v) is 14.1. The van der Waals surface area contributed by atoms with Crippen molar-refractivity contribution in [2.45, 2.75) is 20.0 Å². The number of ether oxygens (including phenoxy) is 1. The molecule has 0 bridgehead atoms. The number of hydrogen-bond donors (Lipinski definition) is 1. The molecule has 2 aromatic rings. The standard InChI is InChI=1S/C16H18BrN3O2/c1-3-20-11-14(17)15(19-20)10-18-16(21)9-6-12-4-7-13(22-2)8-5-12/h4-9,11H,3,10H2,1-2H3,(H,18,21)/b9-6+. The Hall–Kier alpha value is -2.08. The van der Waals surface area contributed by atoms with Crippen molar-refractivity contribution in [1.82, 2.24) is 15.1 Å². The molecule has 0 atom stereocenters. The Morgan fingerprint density at radius 3 is 2.73 bits per heavy atom. The quantitative estimate of drug-likeness (QED) is 0.802. The summed E-state index contributed by atoms with van der Waals surface area (Å²) in [5.41, 5.74) is 1.75. The van der Waals surface area contributed by atoms with Crippen molar-refractivity contribution in [3.63, 3.8) is 0 Å². The number of aromatic nitrogens is 2. The van der Waals surface area contributed by atoms with E-state index in [-0.39, 0.29) is 5.91 Å².